The Morgan fingerprint density at radius 3 is 3.00 bits per heavy atom. The molecular formula is C8H11ClO. The smallest absolute Gasteiger partial charge is 0.121 e. The Labute approximate surface area is 66.3 Å². The molecule has 0 amide bonds. The highest BCUT2D eigenvalue weighted by Crippen LogP contribution is 2.09. The van der Waals surface area contributed by atoms with Crippen LogP contribution in [0.15, 0.2) is 23.8 Å². The van der Waals surface area contributed by atoms with E-state index in [-0.39, 0.29) is 6.07 Å². The number of allylic oxidation sites excluding steroid dienone is 2. The van der Waals surface area contributed by atoms with Gasteiger partial charge >= 0.3 is 0 Å². The zero-order valence-corrected chi connectivity index (χ0v) is 6.60. The molecule has 0 aromatic carbocycles. The third kappa shape index (κ3) is 2.54. The molecule has 0 bridgehead atoms. The number of alkyl halides is 1. The minimum atomic E-state index is 0.283. The average molecular weight is 159 g/mol. The molecule has 0 aliphatic heterocycles. The van der Waals surface area contributed by atoms with E-state index in [1.54, 1.807) is 0 Å². The molecule has 0 spiro atoms. The summed E-state index contributed by atoms with van der Waals surface area (Å²) in [6, 6.07) is 0.283. The maximum Gasteiger partial charge on any atom is 0.121 e. The van der Waals surface area contributed by atoms with Gasteiger partial charge in [0.2, 0.25) is 0 Å². The van der Waals surface area contributed by atoms with E-state index in [4.69, 9.17) is 16.3 Å². The second-order valence-corrected chi connectivity index (χ2v) is 2.43. The number of hydrogen-bond acceptors (Lipinski definition) is 1. The van der Waals surface area contributed by atoms with Crippen LogP contribution in [0, 0.1) is 0 Å². The van der Waals surface area contributed by atoms with Crippen molar-refractivity contribution in [3.8, 4) is 0 Å². The zero-order chi connectivity index (χ0) is 7.23. The van der Waals surface area contributed by atoms with Gasteiger partial charge in [0.15, 0.2) is 0 Å². The van der Waals surface area contributed by atoms with Crippen LogP contribution in [0.4, 0.5) is 0 Å². The van der Waals surface area contributed by atoms with E-state index in [9.17, 15) is 0 Å². The van der Waals surface area contributed by atoms with Crippen LogP contribution < -0.4 is 0 Å². The molecule has 1 nitrogen and oxygen atoms in total. The summed E-state index contributed by atoms with van der Waals surface area (Å²) in [6.07, 6.45) is 8.73. The summed E-state index contributed by atoms with van der Waals surface area (Å²) in [5, 5.41) is 0. The molecule has 0 unspecified atom stereocenters. The van der Waals surface area contributed by atoms with Gasteiger partial charge in [0, 0.05) is 0 Å². The second-order valence-electron chi connectivity index (χ2n) is 2.22. The van der Waals surface area contributed by atoms with Crippen molar-refractivity contribution in [2.75, 3.05) is 12.7 Å². The van der Waals surface area contributed by atoms with E-state index < -0.39 is 0 Å². The number of hydrogen-bond donors (Lipinski definition) is 0. The maximum atomic E-state index is 5.35. The van der Waals surface area contributed by atoms with E-state index in [0.29, 0.717) is 6.61 Å². The molecule has 0 saturated carbocycles. The first kappa shape index (κ1) is 7.83. The molecule has 1 aliphatic carbocycles. The molecule has 1 aliphatic rings. The van der Waals surface area contributed by atoms with Gasteiger partial charge in [-0.15, -0.1) is 0 Å². The molecule has 0 aromatic heterocycles. The predicted molar refractivity (Wildman–Crippen MR) is 43.1 cm³/mol. The number of ether oxygens (including phenoxy) is 1. The fourth-order valence-corrected chi connectivity index (χ4v) is 1.01. The Bertz CT molecular complexity index is 149. The Kier molecular flexibility index (Phi) is 3.55. The lowest BCUT2D eigenvalue weighted by atomic mass is 10.1. The van der Waals surface area contributed by atoms with Crippen LogP contribution in [0.5, 0.6) is 0 Å². The van der Waals surface area contributed by atoms with Crippen molar-refractivity contribution in [2.24, 2.45) is 0 Å². The molecule has 0 atom stereocenters. The Morgan fingerprint density at radius 2 is 2.40 bits per heavy atom. The summed E-state index contributed by atoms with van der Waals surface area (Å²) in [4.78, 5) is 0. The van der Waals surface area contributed by atoms with Crippen LogP contribution in [-0.2, 0) is 4.74 Å². The molecule has 0 heterocycles. The van der Waals surface area contributed by atoms with Crippen LogP contribution >= 0.6 is 11.6 Å². The van der Waals surface area contributed by atoms with Crippen LogP contribution in [-0.4, -0.2) is 12.7 Å². The normalized spacial score (nSPS) is 17.1. The summed E-state index contributed by atoms with van der Waals surface area (Å²) < 4.78 is 5.02. The fraction of sp³-hybridized carbons (Fsp3) is 0.500. The van der Waals surface area contributed by atoms with Gasteiger partial charge in [-0.1, -0.05) is 29.8 Å². The van der Waals surface area contributed by atoms with Gasteiger partial charge in [-0.3, -0.25) is 0 Å². The lowest BCUT2D eigenvalue weighted by molar-refractivity contribution is 0.207. The standard InChI is InChI=1S/C8H11ClO/c9-7-10-6-8-4-2-1-3-5-8/h2,4-5H,1,3,6-7H2. The van der Waals surface area contributed by atoms with E-state index in [0.717, 1.165) is 12.8 Å². The molecular weight excluding hydrogens is 148 g/mol. The van der Waals surface area contributed by atoms with Crippen molar-refractivity contribution < 1.29 is 4.74 Å². The van der Waals surface area contributed by atoms with Gasteiger partial charge in [0.1, 0.15) is 6.07 Å². The molecule has 0 N–H and O–H groups in total. The molecule has 0 radical (unpaired) electrons. The van der Waals surface area contributed by atoms with Crippen molar-refractivity contribution in [1.29, 1.82) is 0 Å². The van der Waals surface area contributed by atoms with E-state index in [1.165, 1.54) is 5.57 Å². The molecule has 0 saturated heterocycles. The van der Waals surface area contributed by atoms with E-state index in [2.05, 4.69) is 18.2 Å². The molecule has 0 fully saturated rings. The first-order valence-corrected chi connectivity index (χ1v) is 3.96. The highest BCUT2D eigenvalue weighted by atomic mass is 35.5. The lowest BCUT2D eigenvalue weighted by Crippen LogP contribution is -1.96. The van der Waals surface area contributed by atoms with Gasteiger partial charge in [0.05, 0.1) is 6.61 Å². The van der Waals surface area contributed by atoms with Crippen LogP contribution in [0.1, 0.15) is 12.8 Å². The second kappa shape index (κ2) is 4.53. The van der Waals surface area contributed by atoms with E-state index >= 15 is 0 Å². The third-order valence-electron chi connectivity index (χ3n) is 1.42. The fourth-order valence-electron chi connectivity index (χ4n) is 0.931. The third-order valence-corrected chi connectivity index (χ3v) is 1.57. The Morgan fingerprint density at radius 1 is 1.50 bits per heavy atom. The zero-order valence-electron chi connectivity index (χ0n) is 5.85. The molecule has 2 heteroatoms. The van der Waals surface area contributed by atoms with Gasteiger partial charge in [-0.25, -0.2) is 0 Å². The van der Waals surface area contributed by atoms with Crippen LogP contribution in [0.2, 0.25) is 0 Å². The summed E-state index contributed by atoms with van der Waals surface area (Å²) in [5.41, 5.74) is 1.24. The number of rotatable bonds is 3. The van der Waals surface area contributed by atoms with Crippen molar-refractivity contribution in [1.82, 2.24) is 0 Å². The van der Waals surface area contributed by atoms with Crippen LogP contribution in [0.25, 0.3) is 0 Å². The Balaban J connectivity index is 2.26. The molecule has 0 aromatic rings. The minimum Gasteiger partial charge on any atom is -0.361 e. The van der Waals surface area contributed by atoms with Crippen molar-refractivity contribution >= 4 is 11.6 Å². The van der Waals surface area contributed by atoms with Gasteiger partial charge < -0.3 is 4.74 Å². The SMILES string of the molecule is ClCOCC1=CCCC=C1. The van der Waals surface area contributed by atoms with Gasteiger partial charge in [-0.05, 0) is 18.4 Å². The van der Waals surface area contributed by atoms with Crippen molar-refractivity contribution in [3.05, 3.63) is 23.8 Å². The Hall–Kier alpha value is -0.270. The summed E-state index contributed by atoms with van der Waals surface area (Å²) >= 11 is 5.35. The molecule has 10 heavy (non-hydrogen) atoms. The first-order valence-electron chi connectivity index (χ1n) is 3.43. The highest BCUT2D eigenvalue weighted by molar-refractivity contribution is 6.17. The summed E-state index contributed by atoms with van der Waals surface area (Å²) in [5.74, 6) is 0. The quantitative estimate of drug-likeness (QED) is 0.574. The predicted octanol–water partition coefficient (Wildman–Crippen LogP) is 2.48. The largest absolute Gasteiger partial charge is 0.361 e. The highest BCUT2D eigenvalue weighted by Gasteiger charge is 1.95. The first-order chi connectivity index (χ1) is 4.93. The van der Waals surface area contributed by atoms with Crippen molar-refractivity contribution in [3.63, 3.8) is 0 Å². The average Bonchev–Trinajstić information content (AvgIpc) is 2.03. The molecule has 56 valence electrons. The monoisotopic (exact) mass is 158 g/mol. The number of halogens is 1. The van der Waals surface area contributed by atoms with Crippen molar-refractivity contribution in [2.45, 2.75) is 12.8 Å². The topological polar surface area (TPSA) is 9.23 Å². The van der Waals surface area contributed by atoms with E-state index in [1.807, 2.05) is 0 Å². The van der Waals surface area contributed by atoms with Crippen LogP contribution in [0.3, 0.4) is 0 Å². The van der Waals surface area contributed by atoms with Gasteiger partial charge in [0.25, 0.3) is 0 Å². The lowest BCUT2D eigenvalue weighted by Gasteiger charge is -2.04. The molecule has 1 rings (SSSR count). The maximum absolute atomic E-state index is 5.35. The minimum absolute atomic E-state index is 0.283. The summed E-state index contributed by atoms with van der Waals surface area (Å²) in [7, 11) is 0. The van der Waals surface area contributed by atoms with Gasteiger partial charge in [-0.2, -0.15) is 0 Å². The summed E-state index contributed by atoms with van der Waals surface area (Å²) in [6.45, 7) is 0.653.